The molecule has 0 saturated heterocycles. The smallest absolute Gasteiger partial charge is 0.264 e. The lowest BCUT2D eigenvalue weighted by Gasteiger charge is -1.78. The van der Waals surface area contributed by atoms with E-state index in [0.717, 1.165) is 5.56 Å². The van der Waals surface area contributed by atoms with Crippen LogP contribution in [0, 0.1) is 6.92 Å². The Balaban J connectivity index is 3.04. The minimum absolute atomic E-state index is 1.09. The van der Waals surface area contributed by atoms with Crippen LogP contribution in [0.4, 0.5) is 0 Å². The first kappa shape index (κ1) is 4.43. The van der Waals surface area contributed by atoms with Gasteiger partial charge in [0.05, 0.1) is 6.20 Å². The molecular formula is C4H5BN2. The zero-order valence-electron chi connectivity index (χ0n) is 4.13. The van der Waals surface area contributed by atoms with E-state index < -0.39 is 0 Å². The van der Waals surface area contributed by atoms with E-state index >= 15 is 0 Å². The highest BCUT2D eigenvalue weighted by Crippen LogP contribution is 1.88. The van der Waals surface area contributed by atoms with Gasteiger partial charge in [-0.05, 0) is 12.5 Å². The molecule has 0 unspecified atom stereocenters. The van der Waals surface area contributed by atoms with Crippen molar-refractivity contribution in [3.05, 3.63) is 18.0 Å². The highest BCUT2D eigenvalue weighted by Gasteiger charge is 1.81. The molecular weight excluding hydrogens is 86.9 g/mol. The molecule has 7 heavy (non-hydrogen) atoms. The molecule has 0 amide bonds. The van der Waals surface area contributed by atoms with Gasteiger partial charge in [-0.25, -0.2) is 0 Å². The van der Waals surface area contributed by atoms with E-state index in [1.165, 1.54) is 4.59 Å². The molecule has 3 heteroatoms. The molecule has 0 aromatic carbocycles. The monoisotopic (exact) mass is 92.1 g/mol. The number of hydrogen-bond donors (Lipinski definition) is 0. The Hall–Kier alpha value is -0.725. The van der Waals surface area contributed by atoms with Crippen LogP contribution < -0.4 is 0 Å². The third kappa shape index (κ3) is 0.826. The molecule has 0 aliphatic carbocycles. The summed E-state index contributed by atoms with van der Waals surface area (Å²) in [5.41, 5.74) is 1.09. The van der Waals surface area contributed by atoms with Gasteiger partial charge >= 0.3 is 0 Å². The fourth-order valence-corrected chi connectivity index (χ4v) is 0.433. The number of rotatable bonds is 0. The maximum absolute atomic E-state index is 5.18. The van der Waals surface area contributed by atoms with Crippen LogP contribution in [0.15, 0.2) is 12.4 Å². The molecule has 0 aliphatic rings. The fourth-order valence-electron chi connectivity index (χ4n) is 0.433. The summed E-state index contributed by atoms with van der Waals surface area (Å²) in [5.74, 6) is 0. The van der Waals surface area contributed by atoms with Crippen molar-refractivity contribution < 1.29 is 0 Å². The first-order chi connectivity index (χ1) is 3.29. The van der Waals surface area contributed by atoms with E-state index in [0.29, 0.717) is 0 Å². The van der Waals surface area contributed by atoms with Crippen molar-refractivity contribution in [2.24, 2.45) is 0 Å². The van der Waals surface area contributed by atoms with Gasteiger partial charge in [0.2, 0.25) is 0 Å². The summed E-state index contributed by atoms with van der Waals surface area (Å²) in [4.78, 5) is 0. The van der Waals surface area contributed by atoms with E-state index in [9.17, 15) is 0 Å². The first-order valence-corrected chi connectivity index (χ1v) is 2.05. The summed E-state index contributed by atoms with van der Waals surface area (Å²) in [6.45, 7) is 1.94. The van der Waals surface area contributed by atoms with Gasteiger partial charge in [-0.1, -0.05) is 0 Å². The van der Waals surface area contributed by atoms with Crippen molar-refractivity contribution in [1.29, 1.82) is 0 Å². The van der Waals surface area contributed by atoms with E-state index in [-0.39, 0.29) is 0 Å². The Morgan fingerprint density at radius 2 is 2.57 bits per heavy atom. The van der Waals surface area contributed by atoms with Crippen molar-refractivity contribution >= 4 is 7.98 Å². The molecule has 34 valence electrons. The summed E-state index contributed by atoms with van der Waals surface area (Å²) in [7, 11) is 5.18. The molecule has 1 aromatic rings. The highest BCUT2D eigenvalue weighted by atomic mass is 15.2. The Kier molecular flexibility index (Phi) is 0.892. The molecule has 2 radical (unpaired) electrons. The topological polar surface area (TPSA) is 17.8 Å². The van der Waals surface area contributed by atoms with Crippen molar-refractivity contribution in [3.8, 4) is 0 Å². The second-order valence-electron chi connectivity index (χ2n) is 1.50. The number of nitrogens with zero attached hydrogens (tertiary/aromatic N) is 2. The molecule has 0 spiro atoms. The fraction of sp³-hybridized carbons (Fsp3) is 0.250. The maximum atomic E-state index is 5.18. The van der Waals surface area contributed by atoms with Crippen molar-refractivity contribution in [2.75, 3.05) is 0 Å². The minimum Gasteiger partial charge on any atom is -0.331 e. The van der Waals surface area contributed by atoms with Gasteiger partial charge in [-0.3, -0.25) is 0 Å². The van der Waals surface area contributed by atoms with Crippen LogP contribution >= 0.6 is 0 Å². The maximum Gasteiger partial charge on any atom is 0.264 e. The molecule has 2 nitrogen and oxygen atoms in total. The second-order valence-corrected chi connectivity index (χ2v) is 1.50. The van der Waals surface area contributed by atoms with Crippen LogP contribution in [0.3, 0.4) is 0 Å². The summed E-state index contributed by atoms with van der Waals surface area (Å²) >= 11 is 0. The van der Waals surface area contributed by atoms with Crippen LogP contribution in [0.25, 0.3) is 0 Å². The second kappa shape index (κ2) is 1.41. The van der Waals surface area contributed by atoms with Crippen molar-refractivity contribution in [3.63, 3.8) is 0 Å². The van der Waals surface area contributed by atoms with E-state index in [4.69, 9.17) is 7.98 Å². The average Bonchev–Trinajstić information content (AvgIpc) is 1.87. The molecule has 0 bridgehead atoms. The van der Waals surface area contributed by atoms with Gasteiger partial charge in [-0.15, -0.1) is 0 Å². The largest absolute Gasteiger partial charge is 0.331 e. The Morgan fingerprint density at radius 3 is 2.71 bits per heavy atom. The van der Waals surface area contributed by atoms with E-state index in [1.807, 2.05) is 6.92 Å². The SMILES string of the molecule is [B]n1cc(C)cn1. The number of aromatic nitrogens is 2. The molecule has 1 heterocycles. The predicted molar refractivity (Wildman–Crippen MR) is 28.1 cm³/mol. The third-order valence-electron chi connectivity index (χ3n) is 0.731. The number of hydrogen-bond acceptors (Lipinski definition) is 1. The zero-order valence-corrected chi connectivity index (χ0v) is 4.13. The summed E-state index contributed by atoms with van der Waals surface area (Å²) in [6, 6.07) is 0. The quantitative estimate of drug-likeness (QED) is 0.415. The lowest BCUT2D eigenvalue weighted by atomic mass is 10.4. The minimum atomic E-state index is 1.09. The molecule has 0 aliphatic heterocycles. The molecule has 0 atom stereocenters. The predicted octanol–water partition coefficient (Wildman–Crippen LogP) is 0.123. The normalized spacial score (nSPS) is 9.29. The van der Waals surface area contributed by atoms with Gasteiger partial charge in [0.25, 0.3) is 7.98 Å². The van der Waals surface area contributed by atoms with Crippen molar-refractivity contribution in [1.82, 2.24) is 9.69 Å². The van der Waals surface area contributed by atoms with Crippen LogP contribution in [0.2, 0.25) is 0 Å². The van der Waals surface area contributed by atoms with E-state index in [1.54, 1.807) is 12.4 Å². The van der Waals surface area contributed by atoms with Gasteiger partial charge in [0, 0.05) is 6.20 Å². The summed E-state index contributed by atoms with van der Waals surface area (Å²) < 4.78 is 1.29. The van der Waals surface area contributed by atoms with Crippen LogP contribution in [-0.2, 0) is 0 Å². The summed E-state index contributed by atoms with van der Waals surface area (Å²) in [5, 5.41) is 3.71. The molecule has 0 fully saturated rings. The van der Waals surface area contributed by atoms with Crippen LogP contribution in [0.5, 0.6) is 0 Å². The zero-order chi connectivity index (χ0) is 5.28. The van der Waals surface area contributed by atoms with Crippen LogP contribution in [-0.4, -0.2) is 17.7 Å². The third-order valence-corrected chi connectivity index (χ3v) is 0.731. The van der Waals surface area contributed by atoms with Crippen molar-refractivity contribution in [2.45, 2.75) is 6.92 Å². The lowest BCUT2D eigenvalue weighted by molar-refractivity contribution is 0.991. The molecule has 1 rings (SSSR count). The van der Waals surface area contributed by atoms with Gasteiger partial charge in [0.15, 0.2) is 0 Å². The average molecular weight is 91.9 g/mol. The standard InChI is InChI=1S/C4H5BN2/c1-4-2-6-7(5)3-4/h2-3H,1H3. The van der Waals surface area contributed by atoms with Gasteiger partial charge < -0.3 is 4.59 Å². The first-order valence-electron chi connectivity index (χ1n) is 2.05. The van der Waals surface area contributed by atoms with Gasteiger partial charge in [0.1, 0.15) is 0 Å². The summed E-state index contributed by atoms with van der Waals surface area (Å²) in [6.07, 6.45) is 3.46. The lowest BCUT2D eigenvalue weighted by Crippen LogP contribution is -1.88. The van der Waals surface area contributed by atoms with Gasteiger partial charge in [-0.2, -0.15) is 5.10 Å². The molecule has 0 saturated carbocycles. The Morgan fingerprint density at radius 1 is 1.86 bits per heavy atom. The molecule has 1 aromatic heterocycles. The van der Waals surface area contributed by atoms with E-state index in [2.05, 4.69) is 5.10 Å². The highest BCUT2D eigenvalue weighted by molar-refractivity contribution is 6.05. The molecule has 0 N–H and O–H groups in total. The Bertz CT molecular complexity index is 142. The van der Waals surface area contributed by atoms with Crippen LogP contribution in [0.1, 0.15) is 5.56 Å². The number of aryl methyl sites for hydroxylation is 1. The Labute approximate surface area is 43.6 Å².